The molecule has 0 aliphatic heterocycles. The first-order chi connectivity index (χ1) is 10.3. The first-order valence-corrected chi connectivity index (χ1v) is 7.42. The smallest absolute Gasteiger partial charge is 0.0702 e. The summed E-state index contributed by atoms with van der Waals surface area (Å²) >= 11 is 0. The molecule has 0 saturated heterocycles. The second-order valence-corrected chi connectivity index (χ2v) is 5.36. The Morgan fingerprint density at radius 2 is 1.76 bits per heavy atom. The summed E-state index contributed by atoms with van der Waals surface area (Å²) in [6, 6.07) is 19.4. The molecule has 0 saturated carbocycles. The number of nitrogens with one attached hydrogen (secondary N) is 1. The molecule has 0 radical (unpaired) electrons. The van der Waals surface area contributed by atoms with Crippen LogP contribution in [0.25, 0.3) is 10.9 Å². The van der Waals surface area contributed by atoms with Gasteiger partial charge in [0.05, 0.1) is 11.6 Å². The van der Waals surface area contributed by atoms with Crippen molar-refractivity contribution in [1.82, 2.24) is 10.3 Å². The minimum Gasteiger partial charge on any atom is -0.306 e. The van der Waals surface area contributed by atoms with Gasteiger partial charge in [-0.05, 0) is 36.7 Å². The minimum atomic E-state index is 0.188. The highest BCUT2D eigenvalue weighted by atomic mass is 14.9. The third-order valence-corrected chi connectivity index (χ3v) is 3.76. The molecule has 0 bridgehead atoms. The van der Waals surface area contributed by atoms with Crippen LogP contribution in [0.5, 0.6) is 0 Å². The van der Waals surface area contributed by atoms with Gasteiger partial charge in [0.2, 0.25) is 0 Å². The van der Waals surface area contributed by atoms with Gasteiger partial charge in [0.1, 0.15) is 0 Å². The maximum atomic E-state index is 4.59. The number of para-hydroxylation sites is 1. The van der Waals surface area contributed by atoms with Crippen LogP contribution in [0.2, 0.25) is 0 Å². The van der Waals surface area contributed by atoms with Crippen LogP contribution >= 0.6 is 0 Å². The average Bonchev–Trinajstić information content (AvgIpc) is 2.53. The molecule has 1 N–H and O–H groups in total. The molecule has 0 spiro atoms. The normalized spacial score (nSPS) is 12.5. The molecule has 0 amide bonds. The van der Waals surface area contributed by atoms with Crippen molar-refractivity contribution in [2.24, 2.45) is 0 Å². The van der Waals surface area contributed by atoms with Crippen LogP contribution in [-0.4, -0.2) is 11.5 Å². The Hall–Kier alpha value is -2.19. The van der Waals surface area contributed by atoms with Gasteiger partial charge in [-0.3, -0.25) is 4.98 Å². The maximum Gasteiger partial charge on any atom is 0.0702 e. The summed E-state index contributed by atoms with van der Waals surface area (Å²) in [7, 11) is 0. The van der Waals surface area contributed by atoms with Crippen molar-refractivity contribution in [3.8, 4) is 0 Å². The van der Waals surface area contributed by atoms with Crippen molar-refractivity contribution in [1.29, 1.82) is 0 Å². The number of fused-ring (bicyclic) bond motifs is 1. The number of nitrogens with zero attached hydrogens (tertiary/aromatic N) is 1. The summed E-state index contributed by atoms with van der Waals surface area (Å²) in [5.41, 5.74) is 4.81. The van der Waals surface area contributed by atoms with E-state index in [4.69, 9.17) is 0 Å². The number of pyridine rings is 1. The monoisotopic (exact) mass is 276 g/mol. The number of benzene rings is 2. The number of hydrogen-bond donors (Lipinski definition) is 1. The number of aryl methyl sites for hydroxylation is 1. The highest BCUT2D eigenvalue weighted by Gasteiger charge is 2.13. The molecule has 1 aromatic heterocycles. The van der Waals surface area contributed by atoms with Gasteiger partial charge in [0.15, 0.2) is 0 Å². The molecule has 3 rings (SSSR count). The molecule has 106 valence electrons. The first kappa shape index (κ1) is 13.8. The lowest BCUT2D eigenvalue weighted by molar-refractivity contribution is 0.629. The van der Waals surface area contributed by atoms with E-state index < -0.39 is 0 Å². The lowest BCUT2D eigenvalue weighted by Crippen LogP contribution is -2.22. The van der Waals surface area contributed by atoms with Gasteiger partial charge in [-0.2, -0.15) is 0 Å². The van der Waals surface area contributed by atoms with Crippen LogP contribution in [0.1, 0.15) is 29.7 Å². The quantitative estimate of drug-likeness (QED) is 0.771. The fraction of sp³-hybridized carbons (Fsp3) is 0.211. The zero-order valence-electron chi connectivity index (χ0n) is 12.5. The van der Waals surface area contributed by atoms with Gasteiger partial charge in [-0.15, -0.1) is 0 Å². The third kappa shape index (κ3) is 2.96. The average molecular weight is 276 g/mol. The molecule has 3 aromatic rings. The van der Waals surface area contributed by atoms with E-state index in [0.29, 0.717) is 0 Å². The van der Waals surface area contributed by atoms with Crippen molar-refractivity contribution in [2.75, 3.05) is 6.54 Å². The maximum absolute atomic E-state index is 4.59. The van der Waals surface area contributed by atoms with E-state index in [1.165, 1.54) is 22.1 Å². The van der Waals surface area contributed by atoms with E-state index in [1.807, 2.05) is 18.3 Å². The van der Waals surface area contributed by atoms with Gasteiger partial charge < -0.3 is 5.32 Å². The van der Waals surface area contributed by atoms with Crippen LogP contribution in [0, 0.1) is 6.92 Å². The van der Waals surface area contributed by atoms with Gasteiger partial charge in [-0.1, -0.05) is 55.0 Å². The van der Waals surface area contributed by atoms with E-state index >= 15 is 0 Å². The zero-order valence-corrected chi connectivity index (χ0v) is 12.5. The molecule has 0 aliphatic rings. The third-order valence-electron chi connectivity index (χ3n) is 3.76. The number of aromatic nitrogens is 1. The predicted molar refractivity (Wildman–Crippen MR) is 88.4 cm³/mol. The van der Waals surface area contributed by atoms with Crippen molar-refractivity contribution in [2.45, 2.75) is 19.9 Å². The van der Waals surface area contributed by atoms with E-state index in [-0.39, 0.29) is 6.04 Å². The number of hydrogen-bond acceptors (Lipinski definition) is 2. The summed E-state index contributed by atoms with van der Waals surface area (Å²) in [4.78, 5) is 4.59. The van der Waals surface area contributed by atoms with E-state index in [2.05, 4.69) is 66.6 Å². The van der Waals surface area contributed by atoms with Crippen molar-refractivity contribution in [3.63, 3.8) is 0 Å². The van der Waals surface area contributed by atoms with Gasteiger partial charge in [0, 0.05) is 11.6 Å². The van der Waals surface area contributed by atoms with Crippen molar-refractivity contribution < 1.29 is 0 Å². The standard InChI is InChI=1S/C19H20N2/c1-3-20-19(15-10-8-14(2)9-11-15)17-12-16-6-4-5-7-18(16)21-13-17/h4-13,19-20H,3H2,1-2H3. The van der Waals surface area contributed by atoms with Crippen LogP contribution in [0.4, 0.5) is 0 Å². The molecule has 2 aromatic carbocycles. The van der Waals surface area contributed by atoms with Gasteiger partial charge in [0.25, 0.3) is 0 Å². The topological polar surface area (TPSA) is 24.9 Å². The van der Waals surface area contributed by atoms with E-state index in [0.717, 1.165) is 12.1 Å². The molecule has 1 heterocycles. The number of rotatable bonds is 4. The van der Waals surface area contributed by atoms with E-state index in [1.54, 1.807) is 0 Å². The Morgan fingerprint density at radius 3 is 2.52 bits per heavy atom. The fourth-order valence-corrected chi connectivity index (χ4v) is 2.64. The fourth-order valence-electron chi connectivity index (χ4n) is 2.64. The zero-order chi connectivity index (χ0) is 14.7. The minimum absolute atomic E-state index is 0.188. The molecule has 1 atom stereocenters. The van der Waals surface area contributed by atoms with Crippen LogP contribution in [0.3, 0.4) is 0 Å². The first-order valence-electron chi connectivity index (χ1n) is 7.42. The second kappa shape index (κ2) is 6.06. The second-order valence-electron chi connectivity index (χ2n) is 5.36. The van der Waals surface area contributed by atoms with Crippen LogP contribution in [0.15, 0.2) is 60.8 Å². The molecular weight excluding hydrogens is 256 g/mol. The summed E-state index contributed by atoms with van der Waals surface area (Å²) < 4.78 is 0. The highest BCUT2D eigenvalue weighted by molar-refractivity contribution is 5.79. The highest BCUT2D eigenvalue weighted by Crippen LogP contribution is 2.24. The molecule has 1 unspecified atom stereocenters. The van der Waals surface area contributed by atoms with Crippen molar-refractivity contribution in [3.05, 3.63) is 77.5 Å². The molecule has 0 fully saturated rings. The Kier molecular flexibility index (Phi) is 3.98. The van der Waals surface area contributed by atoms with Gasteiger partial charge in [-0.25, -0.2) is 0 Å². The van der Waals surface area contributed by atoms with Crippen molar-refractivity contribution >= 4 is 10.9 Å². The largest absolute Gasteiger partial charge is 0.306 e. The molecule has 2 nitrogen and oxygen atoms in total. The Labute approximate surface area is 125 Å². The van der Waals surface area contributed by atoms with Gasteiger partial charge >= 0.3 is 0 Å². The molecule has 2 heteroatoms. The van der Waals surface area contributed by atoms with E-state index in [9.17, 15) is 0 Å². The summed E-state index contributed by atoms with van der Waals surface area (Å²) in [5, 5.41) is 4.74. The Bertz CT molecular complexity index is 732. The molecular formula is C19H20N2. The van der Waals surface area contributed by atoms with Crippen LogP contribution < -0.4 is 5.32 Å². The predicted octanol–water partition coefficient (Wildman–Crippen LogP) is 4.24. The summed E-state index contributed by atoms with van der Waals surface area (Å²) in [6.07, 6.45) is 1.98. The lowest BCUT2D eigenvalue weighted by Gasteiger charge is -2.19. The summed E-state index contributed by atoms with van der Waals surface area (Å²) in [5.74, 6) is 0. The Balaban J connectivity index is 2.04. The lowest BCUT2D eigenvalue weighted by atomic mass is 9.98. The van der Waals surface area contributed by atoms with Crippen LogP contribution in [-0.2, 0) is 0 Å². The Morgan fingerprint density at radius 1 is 1.00 bits per heavy atom. The SMILES string of the molecule is CCNC(c1ccc(C)cc1)c1cnc2ccccc2c1. The summed E-state index contributed by atoms with van der Waals surface area (Å²) in [6.45, 7) is 5.17. The molecule has 0 aliphatic carbocycles. The molecule has 21 heavy (non-hydrogen) atoms.